The van der Waals surface area contributed by atoms with Gasteiger partial charge in [0, 0.05) is 55.7 Å². The molecule has 1 aliphatic heterocycles. The molecule has 1 fully saturated rings. The van der Waals surface area contributed by atoms with Crippen LogP contribution in [0.2, 0.25) is 0 Å². The van der Waals surface area contributed by atoms with Gasteiger partial charge in [0.05, 0.1) is 6.20 Å². The van der Waals surface area contributed by atoms with Gasteiger partial charge in [0.2, 0.25) is 0 Å². The maximum Gasteiger partial charge on any atom is 0.135 e. The van der Waals surface area contributed by atoms with Gasteiger partial charge in [0.25, 0.3) is 0 Å². The van der Waals surface area contributed by atoms with Gasteiger partial charge in [-0.2, -0.15) is 5.10 Å². The summed E-state index contributed by atoms with van der Waals surface area (Å²) in [6.07, 6.45) is 3.11. The Morgan fingerprint density at radius 3 is 2.69 bits per heavy atom. The zero-order valence-electron chi connectivity index (χ0n) is 18.1. The van der Waals surface area contributed by atoms with Crippen LogP contribution in [0.15, 0.2) is 48.7 Å². The molecule has 1 saturated heterocycles. The van der Waals surface area contributed by atoms with E-state index < -0.39 is 0 Å². The highest BCUT2D eigenvalue weighted by atomic mass is 15.3. The zero-order valence-corrected chi connectivity index (χ0v) is 18.1. The van der Waals surface area contributed by atoms with E-state index >= 15 is 0 Å². The fourth-order valence-corrected chi connectivity index (χ4v) is 4.48. The zero-order chi connectivity index (χ0) is 20.4. The summed E-state index contributed by atoms with van der Waals surface area (Å²) < 4.78 is 4.43. The molecule has 4 rings (SSSR count). The molecule has 0 radical (unpaired) electrons. The van der Waals surface area contributed by atoms with Crippen LogP contribution in [0.5, 0.6) is 0 Å². The van der Waals surface area contributed by atoms with E-state index in [1.165, 1.54) is 35.5 Å². The lowest BCUT2D eigenvalue weighted by Gasteiger charge is -2.17. The van der Waals surface area contributed by atoms with Gasteiger partial charge in [-0.1, -0.05) is 30.3 Å². The van der Waals surface area contributed by atoms with Gasteiger partial charge in [0.15, 0.2) is 0 Å². The minimum absolute atomic E-state index is 0.344. The summed E-state index contributed by atoms with van der Waals surface area (Å²) in [6, 6.07) is 16.1. The van der Waals surface area contributed by atoms with Crippen molar-refractivity contribution in [2.24, 2.45) is 0 Å². The molecule has 1 N–H and O–H groups in total. The van der Waals surface area contributed by atoms with E-state index in [1.54, 1.807) is 0 Å². The maximum absolute atomic E-state index is 4.51. The Morgan fingerprint density at radius 1 is 1.14 bits per heavy atom. The molecule has 0 bridgehead atoms. The number of aromatic nitrogens is 3. The first-order valence-electron chi connectivity index (χ1n) is 10.7. The number of hydrogen-bond donors (Lipinski definition) is 1. The van der Waals surface area contributed by atoms with E-state index in [0.29, 0.717) is 12.1 Å². The number of rotatable bonds is 7. The SMILES string of the molecule is Cc1cc(CN[C@H]2CCN(Cc3ccccc3)C2)c(C)n1-c1ccnn1C(C)C. The Morgan fingerprint density at radius 2 is 1.93 bits per heavy atom. The standard InChI is InChI=1S/C24H33N5/c1-18(2)29-24(10-12-26-29)28-19(3)14-22(20(28)4)15-25-23-11-13-27(17-23)16-21-8-6-5-7-9-21/h5-10,12,14,18,23,25H,11,13,15-17H2,1-4H3/t23-/m0/s1. The smallest absolute Gasteiger partial charge is 0.135 e. The predicted molar refractivity (Wildman–Crippen MR) is 118 cm³/mol. The van der Waals surface area contributed by atoms with E-state index in [1.807, 2.05) is 6.20 Å². The Balaban J connectivity index is 1.39. The Labute approximate surface area is 174 Å². The van der Waals surface area contributed by atoms with E-state index in [2.05, 4.69) is 94.7 Å². The average molecular weight is 392 g/mol. The number of benzene rings is 1. The number of likely N-dealkylation sites (tertiary alicyclic amines) is 1. The van der Waals surface area contributed by atoms with Crippen LogP contribution in [0.4, 0.5) is 0 Å². The maximum atomic E-state index is 4.51. The molecule has 1 aliphatic rings. The summed E-state index contributed by atoms with van der Waals surface area (Å²) in [5.74, 6) is 1.15. The third-order valence-corrected chi connectivity index (χ3v) is 6.01. The van der Waals surface area contributed by atoms with Crippen LogP contribution in [0.25, 0.3) is 5.82 Å². The molecule has 1 aromatic carbocycles. The second-order valence-corrected chi connectivity index (χ2v) is 8.55. The monoisotopic (exact) mass is 391 g/mol. The minimum atomic E-state index is 0.344. The number of nitrogens with one attached hydrogen (secondary N) is 1. The minimum Gasteiger partial charge on any atom is -0.309 e. The summed E-state index contributed by atoms with van der Waals surface area (Å²) >= 11 is 0. The normalized spacial score (nSPS) is 17.5. The van der Waals surface area contributed by atoms with Gasteiger partial charge >= 0.3 is 0 Å². The van der Waals surface area contributed by atoms with Crippen LogP contribution in [0.1, 0.15) is 48.8 Å². The van der Waals surface area contributed by atoms with Crippen LogP contribution in [0, 0.1) is 13.8 Å². The van der Waals surface area contributed by atoms with Gasteiger partial charge in [-0.15, -0.1) is 0 Å². The summed E-state index contributed by atoms with van der Waals surface area (Å²) in [4.78, 5) is 2.55. The molecule has 154 valence electrons. The van der Waals surface area contributed by atoms with E-state index in [9.17, 15) is 0 Å². The fourth-order valence-electron chi connectivity index (χ4n) is 4.48. The summed E-state index contributed by atoms with van der Waals surface area (Å²) in [5, 5.41) is 8.31. The van der Waals surface area contributed by atoms with Gasteiger partial charge in [-0.05, 0) is 51.3 Å². The number of aryl methyl sites for hydroxylation is 1. The Kier molecular flexibility index (Phi) is 5.88. The summed E-state index contributed by atoms with van der Waals surface area (Å²) in [5.41, 5.74) is 5.34. The molecule has 29 heavy (non-hydrogen) atoms. The van der Waals surface area contributed by atoms with Gasteiger partial charge < -0.3 is 9.88 Å². The lowest BCUT2D eigenvalue weighted by Crippen LogP contribution is -2.32. The third kappa shape index (κ3) is 4.31. The average Bonchev–Trinajstić information content (AvgIpc) is 3.41. The van der Waals surface area contributed by atoms with Crippen molar-refractivity contribution in [3.63, 3.8) is 0 Å². The molecule has 0 unspecified atom stereocenters. The van der Waals surface area contributed by atoms with E-state index in [4.69, 9.17) is 0 Å². The lowest BCUT2D eigenvalue weighted by molar-refractivity contribution is 0.320. The molecule has 1 atom stereocenters. The first kappa shape index (κ1) is 19.9. The quantitative estimate of drug-likeness (QED) is 0.655. The van der Waals surface area contributed by atoms with E-state index in [0.717, 1.165) is 25.5 Å². The molecule has 5 heteroatoms. The molecule has 0 saturated carbocycles. The highest BCUT2D eigenvalue weighted by molar-refractivity contribution is 5.37. The van der Waals surface area contributed by atoms with Crippen molar-refractivity contribution >= 4 is 0 Å². The predicted octanol–water partition coefficient (Wildman–Crippen LogP) is 4.24. The number of nitrogens with zero attached hydrogens (tertiary/aromatic N) is 4. The molecule has 0 amide bonds. The van der Waals surface area contributed by atoms with Crippen molar-refractivity contribution in [2.45, 2.75) is 59.3 Å². The molecular formula is C24H33N5. The third-order valence-electron chi connectivity index (χ3n) is 6.01. The van der Waals surface area contributed by atoms with Crippen molar-refractivity contribution in [1.29, 1.82) is 0 Å². The molecule has 3 aromatic rings. The fraction of sp³-hybridized carbons (Fsp3) is 0.458. The lowest BCUT2D eigenvalue weighted by atomic mass is 10.2. The van der Waals surface area contributed by atoms with Gasteiger partial charge in [0.1, 0.15) is 5.82 Å². The molecule has 0 spiro atoms. The molecule has 3 heterocycles. The van der Waals surface area contributed by atoms with Crippen molar-refractivity contribution < 1.29 is 0 Å². The first-order chi connectivity index (χ1) is 14.0. The second-order valence-electron chi connectivity index (χ2n) is 8.55. The topological polar surface area (TPSA) is 38.0 Å². The van der Waals surface area contributed by atoms with Gasteiger partial charge in [-0.3, -0.25) is 4.90 Å². The summed E-state index contributed by atoms with van der Waals surface area (Å²) in [7, 11) is 0. The largest absolute Gasteiger partial charge is 0.309 e. The molecule has 5 nitrogen and oxygen atoms in total. The van der Waals surface area contributed by atoms with Crippen molar-refractivity contribution in [3.05, 3.63) is 71.2 Å². The molecule has 2 aromatic heterocycles. The highest BCUT2D eigenvalue weighted by Gasteiger charge is 2.23. The molecule has 0 aliphatic carbocycles. The van der Waals surface area contributed by atoms with Crippen LogP contribution < -0.4 is 5.32 Å². The molecular weight excluding hydrogens is 358 g/mol. The van der Waals surface area contributed by atoms with Crippen molar-refractivity contribution in [3.8, 4) is 5.82 Å². The van der Waals surface area contributed by atoms with Crippen molar-refractivity contribution in [2.75, 3.05) is 13.1 Å². The van der Waals surface area contributed by atoms with Crippen LogP contribution >= 0.6 is 0 Å². The van der Waals surface area contributed by atoms with Crippen LogP contribution in [-0.2, 0) is 13.1 Å². The van der Waals surface area contributed by atoms with E-state index in [-0.39, 0.29) is 0 Å². The van der Waals surface area contributed by atoms with Crippen LogP contribution in [0.3, 0.4) is 0 Å². The Bertz CT molecular complexity index is 938. The first-order valence-corrected chi connectivity index (χ1v) is 10.7. The summed E-state index contributed by atoms with van der Waals surface area (Å²) in [6.45, 7) is 13.0. The second kappa shape index (κ2) is 8.56. The van der Waals surface area contributed by atoms with Crippen molar-refractivity contribution in [1.82, 2.24) is 24.6 Å². The van der Waals surface area contributed by atoms with Gasteiger partial charge in [-0.25, -0.2) is 4.68 Å². The Hall–Kier alpha value is -2.37. The number of hydrogen-bond acceptors (Lipinski definition) is 3. The van der Waals surface area contributed by atoms with Crippen LogP contribution in [-0.4, -0.2) is 38.4 Å². The highest BCUT2D eigenvalue weighted by Crippen LogP contribution is 2.23.